The molecule has 4 N–H and O–H groups in total. The van der Waals surface area contributed by atoms with Crippen LogP contribution in [0, 0.1) is 5.92 Å². The number of H-pyrrole nitrogens is 1. The average molecular weight is 696 g/mol. The molecule has 0 saturated carbocycles. The average Bonchev–Trinajstić information content (AvgIpc) is 3.76. The molecule has 11 heteroatoms. The molecule has 1 amide bonds. The molecule has 0 fully saturated rings. The third-order valence-electron chi connectivity index (χ3n) is 9.82. The number of aromatic hydroxyl groups is 2. The minimum absolute atomic E-state index is 0.0105. The molecule has 2 aliphatic rings. The van der Waals surface area contributed by atoms with Gasteiger partial charge in [0.2, 0.25) is 12.7 Å². The van der Waals surface area contributed by atoms with Crippen molar-refractivity contribution >= 4 is 34.8 Å². The van der Waals surface area contributed by atoms with E-state index in [1.165, 1.54) is 6.07 Å². The molecular formula is C40H45N3O8. The van der Waals surface area contributed by atoms with E-state index < -0.39 is 29.8 Å². The molecule has 6 rings (SSSR count). The van der Waals surface area contributed by atoms with E-state index in [0.29, 0.717) is 61.4 Å². The Balaban J connectivity index is 1.40. The molecule has 0 aliphatic carbocycles. The molecule has 3 aromatic carbocycles. The number of aromatic nitrogens is 2. The van der Waals surface area contributed by atoms with Crippen LogP contribution in [0.5, 0.6) is 23.0 Å². The molecule has 268 valence electrons. The number of amides is 1. The second-order valence-corrected chi connectivity index (χ2v) is 13.5. The number of esters is 1. The maximum atomic E-state index is 14.1. The zero-order valence-electron chi connectivity index (χ0n) is 29.2. The first kappa shape index (κ1) is 35.5. The number of carbonyl (C=O) groups is 3. The molecule has 2 aliphatic heterocycles. The first-order valence-corrected chi connectivity index (χ1v) is 17.7. The summed E-state index contributed by atoms with van der Waals surface area (Å²) in [4.78, 5) is 48.2. The number of hydrogen-bond donors (Lipinski definition) is 4. The topological polar surface area (TPSA) is 160 Å². The van der Waals surface area contributed by atoms with Crippen LogP contribution in [-0.2, 0) is 14.3 Å². The van der Waals surface area contributed by atoms with E-state index >= 15 is 0 Å². The number of nitrogens with zero attached hydrogens (tertiary/aromatic N) is 1. The highest BCUT2D eigenvalue weighted by Crippen LogP contribution is 2.46. The lowest BCUT2D eigenvalue weighted by Gasteiger charge is -2.26. The van der Waals surface area contributed by atoms with Gasteiger partial charge in [0.1, 0.15) is 28.7 Å². The van der Waals surface area contributed by atoms with E-state index in [0.717, 1.165) is 17.5 Å². The van der Waals surface area contributed by atoms with E-state index in [-0.39, 0.29) is 53.3 Å². The quantitative estimate of drug-likeness (QED) is 0.136. The Morgan fingerprint density at radius 2 is 1.84 bits per heavy atom. The third-order valence-corrected chi connectivity index (χ3v) is 9.82. The maximum absolute atomic E-state index is 14.1. The minimum Gasteiger partial charge on any atom is -0.507 e. The first-order valence-electron chi connectivity index (χ1n) is 17.7. The van der Waals surface area contributed by atoms with Crippen LogP contribution in [0.3, 0.4) is 0 Å². The number of fused-ring (bicyclic) bond motifs is 3. The smallest absolute Gasteiger partial charge is 0.342 e. The van der Waals surface area contributed by atoms with Crippen molar-refractivity contribution in [3.8, 4) is 23.0 Å². The first-order chi connectivity index (χ1) is 24.6. The number of allylic oxidation sites excluding steroid dienone is 1. The molecule has 1 aromatic heterocycles. The van der Waals surface area contributed by atoms with Gasteiger partial charge in [-0.25, -0.2) is 9.78 Å². The number of rotatable bonds is 8. The second kappa shape index (κ2) is 15.7. The summed E-state index contributed by atoms with van der Waals surface area (Å²) < 4.78 is 16.9. The van der Waals surface area contributed by atoms with Gasteiger partial charge in [0.15, 0.2) is 11.5 Å². The standard InChI is InChI=1S/C40H45N3O8/c1-4-23(2)37(39-41-29-15-8-9-16-30(29)42-39)43-34(46)21-28(25-17-18-32-33(20-25)50-22-49-32)36-31(45)19-26-12-6-5-7-13-27(44)14-10-11-24(3)51-40(48)35(26)38(36)47/h6,8-9,12,15-20,23-24,28,37,45,47H,4-5,7,10-11,13-14,21-22H2,1-3H3,(H,41,42)(H,43,46)/b12-6+/t23-,24-,28?,37-/m0/s1. The fourth-order valence-electron chi connectivity index (χ4n) is 6.79. The number of nitrogens with one attached hydrogen (secondary N) is 2. The second-order valence-electron chi connectivity index (χ2n) is 13.5. The van der Waals surface area contributed by atoms with Crippen molar-refractivity contribution in [3.05, 3.63) is 82.7 Å². The summed E-state index contributed by atoms with van der Waals surface area (Å²) in [6, 6.07) is 13.8. The van der Waals surface area contributed by atoms with E-state index in [1.807, 2.05) is 44.2 Å². The zero-order valence-corrected chi connectivity index (χ0v) is 29.2. The highest BCUT2D eigenvalue weighted by atomic mass is 16.7. The zero-order chi connectivity index (χ0) is 36.1. The number of para-hydroxylation sites is 2. The number of Topliss-reactive ketones (excluding diaryl/α,β-unsaturated/α-hetero) is 1. The number of ketones is 1. The van der Waals surface area contributed by atoms with Crippen LogP contribution in [0.1, 0.15) is 117 Å². The summed E-state index contributed by atoms with van der Waals surface area (Å²) in [6.45, 7) is 5.87. The molecular weight excluding hydrogens is 650 g/mol. The van der Waals surface area contributed by atoms with Crippen molar-refractivity contribution in [1.29, 1.82) is 0 Å². The summed E-state index contributed by atoms with van der Waals surface area (Å²) in [5.74, 6) is -0.975. The van der Waals surface area contributed by atoms with Crippen molar-refractivity contribution in [2.45, 2.75) is 90.2 Å². The Kier molecular flexibility index (Phi) is 10.9. The molecule has 3 heterocycles. The number of phenolic OH excluding ortho intramolecular Hbond substituents is 2. The Labute approximate surface area is 297 Å². The fraction of sp³-hybridized carbons (Fsp3) is 0.400. The Bertz CT molecular complexity index is 1920. The van der Waals surface area contributed by atoms with Crippen molar-refractivity contribution in [2.24, 2.45) is 5.92 Å². The van der Waals surface area contributed by atoms with Crippen molar-refractivity contribution < 1.29 is 38.8 Å². The molecule has 51 heavy (non-hydrogen) atoms. The van der Waals surface area contributed by atoms with Crippen LogP contribution < -0.4 is 14.8 Å². The number of imidazole rings is 1. The fourth-order valence-corrected chi connectivity index (χ4v) is 6.79. The van der Waals surface area contributed by atoms with Gasteiger partial charge < -0.3 is 34.7 Å². The molecule has 4 atom stereocenters. The number of hydrogen-bond acceptors (Lipinski definition) is 9. The Morgan fingerprint density at radius 1 is 1.06 bits per heavy atom. The molecule has 0 spiro atoms. The number of cyclic esters (lactones) is 1. The molecule has 1 unspecified atom stereocenters. The van der Waals surface area contributed by atoms with Gasteiger partial charge in [-0.2, -0.15) is 0 Å². The van der Waals surface area contributed by atoms with Crippen LogP contribution in [-0.4, -0.2) is 50.7 Å². The van der Waals surface area contributed by atoms with Crippen LogP contribution in [0.2, 0.25) is 0 Å². The van der Waals surface area contributed by atoms with Gasteiger partial charge in [0.25, 0.3) is 0 Å². The van der Waals surface area contributed by atoms with Crippen molar-refractivity contribution in [3.63, 3.8) is 0 Å². The SMILES string of the molecule is CC[C@H](C)[C@H](NC(=O)CC(c1ccc2c(c1)OCO2)c1c(O)cc2c(c1O)C(=O)O[C@@H](C)CCCC(=O)CCC/C=C/2)c1nc2ccccc2[nH]1. The summed E-state index contributed by atoms with van der Waals surface area (Å²) >= 11 is 0. The van der Waals surface area contributed by atoms with Gasteiger partial charge in [-0.05, 0) is 80.0 Å². The summed E-state index contributed by atoms with van der Waals surface area (Å²) in [5, 5.41) is 26.7. The molecule has 0 bridgehead atoms. The summed E-state index contributed by atoms with van der Waals surface area (Å²) in [6.07, 6.45) is 6.66. The van der Waals surface area contributed by atoms with Gasteiger partial charge in [-0.15, -0.1) is 0 Å². The van der Waals surface area contributed by atoms with Crippen LogP contribution >= 0.6 is 0 Å². The van der Waals surface area contributed by atoms with E-state index in [2.05, 4.69) is 10.3 Å². The van der Waals surface area contributed by atoms with Crippen molar-refractivity contribution in [2.75, 3.05) is 6.79 Å². The predicted molar refractivity (Wildman–Crippen MR) is 192 cm³/mol. The molecule has 11 nitrogen and oxygen atoms in total. The number of benzene rings is 3. The van der Waals surface area contributed by atoms with E-state index in [9.17, 15) is 24.6 Å². The maximum Gasteiger partial charge on any atom is 0.342 e. The van der Waals surface area contributed by atoms with Crippen LogP contribution in [0.4, 0.5) is 0 Å². The van der Waals surface area contributed by atoms with Crippen LogP contribution in [0.15, 0.2) is 54.6 Å². The molecule has 0 radical (unpaired) electrons. The molecule has 0 saturated heterocycles. The van der Waals surface area contributed by atoms with E-state index in [4.69, 9.17) is 19.2 Å². The van der Waals surface area contributed by atoms with Crippen LogP contribution in [0.25, 0.3) is 17.1 Å². The largest absolute Gasteiger partial charge is 0.507 e. The highest BCUT2D eigenvalue weighted by Gasteiger charge is 2.33. The number of ether oxygens (including phenoxy) is 3. The lowest BCUT2D eigenvalue weighted by Crippen LogP contribution is -2.34. The highest BCUT2D eigenvalue weighted by molar-refractivity contribution is 5.98. The number of aromatic amines is 1. The Morgan fingerprint density at radius 3 is 2.65 bits per heavy atom. The van der Waals surface area contributed by atoms with Crippen molar-refractivity contribution in [1.82, 2.24) is 15.3 Å². The monoisotopic (exact) mass is 695 g/mol. The number of phenols is 2. The lowest BCUT2D eigenvalue weighted by molar-refractivity contribution is -0.122. The van der Waals surface area contributed by atoms with Gasteiger partial charge in [-0.1, -0.05) is 50.6 Å². The number of carbonyl (C=O) groups excluding carboxylic acids is 3. The Hall–Kier alpha value is -5.32. The summed E-state index contributed by atoms with van der Waals surface area (Å²) in [7, 11) is 0. The lowest BCUT2D eigenvalue weighted by atomic mass is 9.84. The van der Waals surface area contributed by atoms with Gasteiger partial charge in [-0.3, -0.25) is 9.59 Å². The van der Waals surface area contributed by atoms with Gasteiger partial charge >= 0.3 is 5.97 Å². The normalized spacial score (nSPS) is 19.0. The van der Waals surface area contributed by atoms with E-state index in [1.54, 1.807) is 31.2 Å². The van der Waals surface area contributed by atoms with Gasteiger partial charge in [0.05, 0.1) is 23.2 Å². The third kappa shape index (κ3) is 8.03. The molecule has 4 aromatic rings. The minimum atomic E-state index is -0.911. The predicted octanol–water partition coefficient (Wildman–Crippen LogP) is 7.61. The van der Waals surface area contributed by atoms with Gasteiger partial charge in [0, 0.05) is 30.7 Å². The summed E-state index contributed by atoms with van der Waals surface area (Å²) in [5.41, 5.74) is 2.38.